The first-order valence-corrected chi connectivity index (χ1v) is 5.24. The lowest BCUT2D eigenvalue weighted by Crippen LogP contribution is -2.35. The summed E-state index contributed by atoms with van der Waals surface area (Å²) in [6.07, 6.45) is 4.88. The Morgan fingerprint density at radius 1 is 1.21 bits per heavy atom. The standard InChI is InChI=1S/C11H17N3/c1-14(8-2-7-12)11-5-3-10(9-13)4-6-11/h10-11H,2-6,8H2,1H3/t10-,11-. The van der Waals surface area contributed by atoms with Crippen LogP contribution in [0, 0.1) is 28.6 Å². The van der Waals surface area contributed by atoms with Crippen molar-refractivity contribution in [2.45, 2.75) is 38.1 Å². The Morgan fingerprint density at radius 2 is 1.86 bits per heavy atom. The monoisotopic (exact) mass is 191 g/mol. The summed E-state index contributed by atoms with van der Waals surface area (Å²) in [7, 11) is 2.08. The predicted octanol–water partition coefficient (Wildman–Crippen LogP) is 1.91. The van der Waals surface area contributed by atoms with E-state index in [0.29, 0.717) is 12.5 Å². The van der Waals surface area contributed by atoms with Gasteiger partial charge in [-0.05, 0) is 32.7 Å². The fourth-order valence-electron chi connectivity index (χ4n) is 2.05. The SMILES string of the molecule is CN(CCC#N)[C@H]1CC[C@H](C#N)CC1. The highest BCUT2D eigenvalue weighted by atomic mass is 15.1. The lowest BCUT2D eigenvalue weighted by atomic mass is 9.86. The van der Waals surface area contributed by atoms with Gasteiger partial charge in [-0.15, -0.1) is 0 Å². The average Bonchev–Trinajstić information content (AvgIpc) is 2.26. The molecule has 1 aliphatic carbocycles. The van der Waals surface area contributed by atoms with Crippen LogP contribution >= 0.6 is 0 Å². The van der Waals surface area contributed by atoms with Crippen molar-refractivity contribution in [2.75, 3.05) is 13.6 Å². The molecule has 0 bridgehead atoms. The van der Waals surface area contributed by atoms with Crippen molar-refractivity contribution >= 4 is 0 Å². The Bertz CT molecular complexity index is 240. The summed E-state index contributed by atoms with van der Waals surface area (Å²) in [6, 6.07) is 5.09. The second-order valence-corrected chi connectivity index (χ2v) is 4.02. The van der Waals surface area contributed by atoms with Crippen molar-refractivity contribution in [3.63, 3.8) is 0 Å². The van der Waals surface area contributed by atoms with Gasteiger partial charge in [-0.2, -0.15) is 10.5 Å². The van der Waals surface area contributed by atoms with E-state index in [4.69, 9.17) is 10.5 Å². The molecule has 1 fully saturated rings. The highest BCUT2D eigenvalue weighted by molar-refractivity contribution is 4.89. The van der Waals surface area contributed by atoms with Crippen LogP contribution in [0.5, 0.6) is 0 Å². The van der Waals surface area contributed by atoms with Gasteiger partial charge in [0.15, 0.2) is 0 Å². The molecule has 0 spiro atoms. The van der Waals surface area contributed by atoms with E-state index in [1.807, 2.05) is 0 Å². The second kappa shape index (κ2) is 5.62. The molecule has 3 heteroatoms. The summed E-state index contributed by atoms with van der Waals surface area (Å²) in [5, 5.41) is 17.2. The normalized spacial score (nSPS) is 26.9. The zero-order valence-corrected chi connectivity index (χ0v) is 8.74. The van der Waals surface area contributed by atoms with E-state index < -0.39 is 0 Å². The topological polar surface area (TPSA) is 50.8 Å². The number of nitrogens with zero attached hydrogens (tertiary/aromatic N) is 3. The van der Waals surface area contributed by atoms with Crippen molar-refractivity contribution in [3.05, 3.63) is 0 Å². The molecule has 1 saturated carbocycles. The second-order valence-electron chi connectivity index (χ2n) is 4.02. The summed E-state index contributed by atoms with van der Waals surface area (Å²) in [6.45, 7) is 0.860. The fraction of sp³-hybridized carbons (Fsp3) is 0.818. The molecule has 14 heavy (non-hydrogen) atoms. The summed E-state index contributed by atoms with van der Waals surface area (Å²) >= 11 is 0. The van der Waals surface area contributed by atoms with Crippen molar-refractivity contribution in [1.82, 2.24) is 4.90 Å². The first-order chi connectivity index (χ1) is 6.77. The van der Waals surface area contributed by atoms with Crippen LogP contribution in [0.15, 0.2) is 0 Å². The van der Waals surface area contributed by atoms with Crippen LogP contribution in [0.25, 0.3) is 0 Å². The Kier molecular flexibility index (Phi) is 4.43. The van der Waals surface area contributed by atoms with E-state index >= 15 is 0 Å². The van der Waals surface area contributed by atoms with Crippen molar-refractivity contribution in [2.24, 2.45) is 5.92 Å². The first-order valence-electron chi connectivity index (χ1n) is 5.24. The summed E-state index contributed by atoms with van der Waals surface area (Å²) in [5.41, 5.74) is 0. The highest BCUT2D eigenvalue weighted by Gasteiger charge is 2.23. The van der Waals surface area contributed by atoms with E-state index in [9.17, 15) is 0 Å². The van der Waals surface area contributed by atoms with E-state index in [2.05, 4.69) is 24.1 Å². The molecule has 3 nitrogen and oxygen atoms in total. The number of hydrogen-bond donors (Lipinski definition) is 0. The minimum atomic E-state index is 0.274. The minimum absolute atomic E-state index is 0.274. The fourth-order valence-corrected chi connectivity index (χ4v) is 2.05. The van der Waals surface area contributed by atoms with Gasteiger partial charge in [-0.25, -0.2) is 0 Å². The molecule has 0 aromatic heterocycles. The highest BCUT2D eigenvalue weighted by Crippen LogP contribution is 2.26. The van der Waals surface area contributed by atoms with Crippen LogP contribution in [0.3, 0.4) is 0 Å². The largest absolute Gasteiger partial charge is 0.302 e. The van der Waals surface area contributed by atoms with Gasteiger partial charge in [0.2, 0.25) is 0 Å². The number of nitriles is 2. The quantitative estimate of drug-likeness (QED) is 0.684. The van der Waals surface area contributed by atoms with Gasteiger partial charge < -0.3 is 4.90 Å². The molecule has 0 atom stereocenters. The molecule has 0 heterocycles. The molecule has 1 aliphatic rings. The maximum absolute atomic E-state index is 8.75. The third kappa shape index (κ3) is 3.01. The molecule has 0 radical (unpaired) electrons. The van der Waals surface area contributed by atoms with Gasteiger partial charge in [0.1, 0.15) is 0 Å². The molecular formula is C11H17N3. The zero-order chi connectivity index (χ0) is 10.4. The Hall–Kier alpha value is -1.06. The molecule has 0 saturated heterocycles. The summed E-state index contributed by atoms with van der Waals surface area (Å²) in [4.78, 5) is 2.26. The van der Waals surface area contributed by atoms with E-state index in [-0.39, 0.29) is 5.92 Å². The Balaban J connectivity index is 2.28. The number of rotatable bonds is 3. The van der Waals surface area contributed by atoms with Gasteiger partial charge in [0, 0.05) is 24.9 Å². The molecule has 76 valence electrons. The van der Waals surface area contributed by atoms with Gasteiger partial charge in [-0.1, -0.05) is 0 Å². The van der Waals surface area contributed by atoms with Gasteiger partial charge in [-0.3, -0.25) is 0 Å². The molecule has 0 aromatic rings. The van der Waals surface area contributed by atoms with Crippen LogP contribution in [-0.2, 0) is 0 Å². The van der Waals surface area contributed by atoms with Crippen LogP contribution in [0.4, 0.5) is 0 Å². The van der Waals surface area contributed by atoms with E-state index in [1.54, 1.807) is 0 Å². The molecule has 0 amide bonds. The molecule has 0 aromatic carbocycles. The van der Waals surface area contributed by atoms with E-state index in [1.165, 1.54) is 0 Å². The van der Waals surface area contributed by atoms with Gasteiger partial charge in [0.05, 0.1) is 12.1 Å². The first kappa shape index (κ1) is 11.0. The van der Waals surface area contributed by atoms with Crippen molar-refractivity contribution < 1.29 is 0 Å². The van der Waals surface area contributed by atoms with Crippen LogP contribution in [0.1, 0.15) is 32.1 Å². The Labute approximate surface area is 85.9 Å². The maximum Gasteiger partial charge on any atom is 0.0655 e. The van der Waals surface area contributed by atoms with Gasteiger partial charge in [0.25, 0.3) is 0 Å². The number of hydrogen-bond acceptors (Lipinski definition) is 3. The van der Waals surface area contributed by atoms with E-state index in [0.717, 1.165) is 32.2 Å². The molecular weight excluding hydrogens is 174 g/mol. The lowest BCUT2D eigenvalue weighted by Gasteiger charge is -2.32. The van der Waals surface area contributed by atoms with Gasteiger partial charge >= 0.3 is 0 Å². The van der Waals surface area contributed by atoms with Crippen LogP contribution < -0.4 is 0 Å². The van der Waals surface area contributed by atoms with Crippen LogP contribution in [-0.4, -0.2) is 24.5 Å². The predicted molar refractivity (Wildman–Crippen MR) is 54.2 cm³/mol. The van der Waals surface area contributed by atoms with Crippen LogP contribution in [0.2, 0.25) is 0 Å². The molecule has 0 N–H and O–H groups in total. The minimum Gasteiger partial charge on any atom is -0.302 e. The van der Waals surface area contributed by atoms with Crippen molar-refractivity contribution in [3.8, 4) is 12.1 Å². The summed E-state index contributed by atoms with van der Waals surface area (Å²) in [5.74, 6) is 0.274. The van der Waals surface area contributed by atoms with Crippen molar-refractivity contribution in [1.29, 1.82) is 10.5 Å². The third-order valence-electron chi connectivity index (χ3n) is 3.08. The molecule has 1 rings (SSSR count). The zero-order valence-electron chi connectivity index (χ0n) is 8.74. The summed E-state index contributed by atoms with van der Waals surface area (Å²) < 4.78 is 0. The third-order valence-corrected chi connectivity index (χ3v) is 3.08. The molecule has 0 unspecified atom stereocenters. The average molecular weight is 191 g/mol. The lowest BCUT2D eigenvalue weighted by molar-refractivity contribution is 0.181. The maximum atomic E-state index is 8.75. The smallest absolute Gasteiger partial charge is 0.0655 e. The molecule has 0 aliphatic heterocycles. The Morgan fingerprint density at radius 3 is 2.36 bits per heavy atom.